The fourth-order valence-electron chi connectivity index (χ4n) is 3.32. The summed E-state index contributed by atoms with van der Waals surface area (Å²) < 4.78 is 40.9. The molecule has 1 aliphatic heterocycles. The van der Waals surface area contributed by atoms with Gasteiger partial charge in [0.25, 0.3) is 0 Å². The number of carbonyl (C=O) groups is 1. The van der Waals surface area contributed by atoms with E-state index in [-0.39, 0.29) is 35.8 Å². The van der Waals surface area contributed by atoms with Gasteiger partial charge in [-0.25, -0.2) is 4.98 Å². The fraction of sp³-hybridized carbons (Fsp3) is 0.381. The van der Waals surface area contributed by atoms with Crippen LogP contribution in [-0.2, 0) is 11.4 Å². The smallest absolute Gasteiger partial charge is 0.406 e. The van der Waals surface area contributed by atoms with Crippen molar-refractivity contribution in [2.24, 2.45) is 11.8 Å². The molecule has 0 unspecified atom stereocenters. The molecule has 1 aromatic carbocycles. The summed E-state index contributed by atoms with van der Waals surface area (Å²) in [6, 6.07) is 6.73. The Morgan fingerprint density at radius 3 is 2.48 bits per heavy atom. The van der Waals surface area contributed by atoms with E-state index in [1.54, 1.807) is 11.0 Å². The number of hydrogen-bond acceptors (Lipinski definition) is 6. The molecule has 1 aliphatic rings. The molecular weight excluding hydrogens is 413 g/mol. The number of pyridine rings is 1. The summed E-state index contributed by atoms with van der Waals surface area (Å²) in [5, 5.41) is 21.4. The number of nitrogens with zero attached hydrogens (tertiary/aromatic N) is 2. The zero-order chi connectivity index (χ0) is 22.8. The van der Waals surface area contributed by atoms with Crippen LogP contribution in [0, 0.1) is 17.2 Å². The zero-order valence-corrected chi connectivity index (χ0v) is 17.0. The van der Waals surface area contributed by atoms with Crippen molar-refractivity contribution >= 4 is 23.1 Å². The standard InChI is InChI=1S/C21H23F3N4O3/c1-12(2)20(30)28-9-14(10-28)18(25)17-13(11-29)7-8-26-19(17)27-15-3-5-16(6-4-15)31-21(22,23)24/h3-8,12,14,25,29H,9-11H2,1-2H3,(H,26,27). The van der Waals surface area contributed by atoms with Gasteiger partial charge in [0, 0.05) is 48.1 Å². The van der Waals surface area contributed by atoms with Gasteiger partial charge in [0.1, 0.15) is 11.6 Å². The summed E-state index contributed by atoms with van der Waals surface area (Å²) in [6.45, 7) is 4.16. The molecule has 0 aliphatic carbocycles. The van der Waals surface area contributed by atoms with Gasteiger partial charge in [0.05, 0.1) is 6.61 Å². The highest BCUT2D eigenvalue weighted by molar-refractivity contribution is 6.06. The van der Waals surface area contributed by atoms with Crippen LogP contribution in [0.1, 0.15) is 25.0 Å². The van der Waals surface area contributed by atoms with E-state index in [0.29, 0.717) is 35.7 Å². The predicted molar refractivity (Wildman–Crippen MR) is 108 cm³/mol. The molecule has 0 saturated carbocycles. The summed E-state index contributed by atoms with van der Waals surface area (Å²) in [5.41, 5.74) is 1.59. The number of aromatic nitrogens is 1. The summed E-state index contributed by atoms with van der Waals surface area (Å²) in [5.74, 6) is -0.345. The minimum atomic E-state index is -4.78. The lowest BCUT2D eigenvalue weighted by Crippen LogP contribution is -2.54. The van der Waals surface area contributed by atoms with Crippen LogP contribution in [0.3, 0.4) is 0 Å². The van der Waals surface area contributed by atoms with E-state index in [9.17, 15) is 23.1 Å². The monoisotopic (exact) mass is 436 g/mol. The van der Waals surface area contributed by atoms with Crippen LogP contribution >= 0.6 is 0 Å². The molecule has 3 N–H and O–H groups in total. The average molecular weight is 436 g/mol. The van der Waals surface area contributed by atoms with Gasteiger partial charge in [-0.2, -0.15) is 0 Å². The highest BCUT2D eigenvalue weighted by Gasteiger charge is 2.36. The second-order valence-electron chi connectivity index (χ2n) is 7.56. The molecule has 0 atom stereocenters. The number of aliphatic hydroxyl groups excluding tert-OH is 1. The summed E-state index contributed by atoms with van der Waals surface area (Å²) in [4.78, 5) is 18.0. The molecule has 1 saturated heterocycles. The molecule has 0 bridgehead atoms. The van der Waals surface area contributed by atoms with Gasteiger partial charge in [-0.15, -0.1) is 13.2 Å². The Kier molecular flexibility index (Phi) is 6.49. The first-order chi connectivity index (χ1) is 14.6. The van der Waals surface area contributed by atoms with Crippen LogP contribution in [0.25, 0.3) is 0 Å². The van der Waals surface area contributed by atoms with Crippen molar-refractivity contribution in [3.63, 3.8) is 0 Å². The van der Waals surface area contributed by atoms with Crippen LogP contribution in [0.5, 0.6) is 5.75 Å². The number of rotatable bonds is 7. The van der Waals surface area contributed by atoms with Crippen LogP contribution in [0.15, 0.2) is 36.5 Å². The van der Waals surface area contributed by atoms with Gasteiger partial charge in [0.2, 0.25) is 5.91 Å². The first kappa shape index (κ1) is 22.5. The van der Waals surface area contributed by atoms with Crippen molar-refractivity contribution in [1.29, 1.82) is 5.41 Å². The van der Waals surface area contributed by atoms with E-state index in [4.69, 9.17) is 5.41 Å². The number of halogens is 3. The molecule has 1 amide bonds. The molecule has 2 heterocycles. The Labute approximate surface area is 177 Å². The minimum absolute atomic E-state index is 0.0251. The summed E-state index contributed by atoms with van der Waals surface area (Å²) >= 11 is 0. The molecule has 2 aromatic rings. The van der Waals surface area contributed by atoms with Crippen molar-refractivity contribution in [2.45, 2.75) is 26.8 Å². The van der Waals surface area contributed by atoms with E-state index < -0.39 is 6.36 Å². The predicted octanol–water partition coefficient (Wildman–Crippen LogP) is 3.70. The number of anilines is 2. The molecule has 10 heteroatoms. The third-order valence-corrected chi connectivity index (χ3v) is 4.92. The minimum Gasteiger partial charge on any atom is -0.406 e. The maximum Gasteiger partial charge on any atom is 0.573 e. The number of amides is 1. The molecule has 31 heavy (non-hydrogen) atoms. The maximum absolute atomic E-state index is 12.3. The lowest BCUT2D eigenvalue weighted by atomic mass is 9.87. The Morgan fingerprint density at radius 1 is 1.29 bits per heavy atom. The fourth-order valence-corrected chi connectivity index (χ4v) is 3.32. The van der Waals surface area contributed by atoms with Crippen molar-refractivity contribution in [2.75, 3.05) is 18.4 Å². The number of hydrogen-bond donors (Lipinski definition) is 3. The SMILES string of the molecule is CC(C)C(=O)N1CC(C(=N)c2c(CO)ccnc2Nc2ccc(OC(F)(F)F)cc2)C1. The van der Waals surface area contributed by atoms with Gasteiger partial charge in [-0.05, 0) is 35.9 Å². The Hall–Kier alpha value is -3.14. The molecular formula is C21H23F3N4O3. The first-order valence-corrected chi connectivity index (χ1v) is 9.68. The average Bonchev–Trinajstić information content (AvgIpc) is 2.66. The van der Waals surface area contributed by atoms with Crippen LogP contribution in [0.4, 0.5) is 24.7 Å². The summed E-state index contributed by atoms with van der Waals surface area (Å²) in [6.07, 6.45) is -3.30. The number of aliphatic hydroxyl groups is 1. The molecule has 1 fully saturated rings. The van der Waals surface area contributed by atoms with Crippen LogP contribution in [-0.4, -0.2) is 46.1 Å². The van der Waals surface area contributed by atoms with E-state index in [0.717, 1.165) is 12.1 Å². The quantitative estimate of drug-likeness (QED) is 0.575. The number of benzene rings is 1. The second kappa shape index (κ2) is 8.93. The van der Waals surface area contributed by atoms with E-state index in [2.05, 4.69) is 15.0 Å². The van der Waals surface area contributed by atoms with Gasteiger partial charge in [-0.1, -0.05) is 13.8 Å². The number of likely N-dealkylation sites (tertiary alicyclic amines) is 1. The molecule has 166 valence electrons. The van der Waals surface area contributed by atoms with Crippen LogP contribution < -0.4 is 10.1 Å². The van der Waals surface area contributed by atoms with E-state index >= 15 is 0 Å². The van der Waals surface area contributed by atoms with Crippen molar-refractivity contribution in [3.05, 3.63) is 47.7 Å². The van der Waals surface area contributed by atoms with Crippen molar-refractivity contribution in [3.8, 4) is 5.75 Å². The topological polar surface area (TPSA) is 98.5 Å². The van der Waals surface area contributed by atoms with Gasteiger partial charge in [-0.3, -0.25) is 4.79 Å². The highest BCUT2D eigenvalue weighted by Crippen LogP contribution is 2.30. The first-order valence-electron chi connectivity index (χ1n) is 9.68. The molecule has 0 radical (unpaired) electrons. The van der Waals surface area contributed by atoms with Crippen LogP contribution in [0.2, 0.25) is 0 Å². The second-order valence-corrected chi connectivity index (χ2v) is 7.56. The Balaban J connectivity index is 1.78. The zero-order valence-electron chi connectivity index (χ0n) is 17.0. The highest BCUT2D eigenvalue weighted by atomic mass is 19.4. The molecule has 1 aromatic heterocycles. The number of ether oxygens (including phenoxy) is 1. The molecule has 3 rings (SSSR count). The maximum atomic E-state index is 12.3. The molecule has 7 nitrogen and oxygen atoms in total. The lowest BCUT2D eigenvalue weighted by molar-refractivity contribution is -0.274. The summed E-state index contributed by atoms with van der Waals surface area (Å²) in [7, 11) is 0. The largest absolute Gasteiger partial charge is 0.573 e. The Bertz CT molecular complexity index is 955. The van der Waals surface area contributed by atoms with Gasteiger partial charge in [0.15, 0.2) is 0 Å². The lowest BCUT2D eigenvalue weighted by Gasteiger charge is -2.41. The normalized spacial score (nSPS) is 14.4. The number of nitrogens with one attached hydrogen (secondary N) is 2. The third-order valence-electron chi connectivity index (χ3n) is 4.92. The van der Waals surface area contributed by atoms with E-state index in [1.807, 2.05) is 13.8 Å². The Morgan fingerprint density at radius 2 is 1.94 bits per heavy atom. The van der Waals surface area contributed by atoms with Crippen molar-refractivity contribution in [1.82, 2.24) is 9.88 Å². The molecule has 0 spiro atoms. The van der Waals surface area contributed by atoms with Crippen molar-refractivity contribution < 1.29 is 27.8 Å². The number of carbonyl (C=O) groups excluding carboxylic acids is 1. The number of alkyl halides is 3. The van der Waals surface area contributed by atoms with Gasteiger partial charge >= 0.3 is 6.36 Å². The van der Waals surface area contributed by atoms with E-state index in [1.165, 1.54) is 18.3 Å². The third kappa shape index (κ3) is 5.32. The van der Waals surface area contributed by atoms with Gasteiger partial charge < -0.3 is 25.5 Å².